The largest absolute Gasteiger partial charge is 0.497 e. The molecule has 0 aliphatic rings. The van der Waals surface area contributed by atoms with Gasteiger partial charge < -0.3 is 4.74 Å². The first-order chi connectivity index (χ1) is 7.00. The third-order valence-electron chi connectivity index (χ3n) is 1.98. The molecule has 1 aromatic carbocycles. The number of hydrogen-bond acceptors (Lipinski definition) is 4. The lowest BCUT2D eigenvalue weighted by Crippen LogP contribution is -2.09. The van der Waals surface area contributed by atoms with Crippen LogP contribution in [0.5, 0.6) is 5.75 Å². The molecule has 15 heavy (non-hydrogen) atoms. The fourth-order valence-corrected chi connectivity index (χ4v) is 3.06. The van der Waals surface area contributed by atoms with E-state index in [2.05, 4.69) is 0 Å². The number of nitrogens with two attached hydrogens (primary N) is 1. The predicted octanol–water partition coefficient (Wildman–Crippen LogP) is 1.56. The van der Waals surface area contributed by atoms with Crippen LogP contribution in [0, 0.1) is 0 Å². The second-order valence-electron chi connectivity index (χ2n) is 3.01. The molecule has 0 aliphatic heterocycles. The highest BCUT2D eigenvalue weighted by molar-refractivity contribution is 7.91. The van der Waals surface area contributed by atoms with Crippen molar-refractivity contribution in [1.29, 1.82) is 0 Å². The van der Waals surface area contributed by atoms with Gasteiger partial charge >= 0.3 is 0 Å². The summed E-state index contributed by atoms with van der Waals surface area (Å²) in [5, 5.41) is 5.87. The van der Waals surface area contributed by atoms with E-state index >= 15 is 0 Å². The van der Waals surface area contributed by atoms with Gasteiger partial charge in [0.1, 0.15) is 9.96 Å². The molecule has 2 N–H and O–H groups in total. The topological polar surface area (TPSA) is 69.4 Å². The smallest absolute Gasteiger partial charge is 0.247 e. The molecule has 6 heteroatoms. The van der Waals surface area contributed by atoms with E-state index in [1.165, 1.54) is 0 Å². The molecule has 0 amide bonds. The zero-order valence-corrected chi connectivity index (χ0v) is 9.56. The van der Waals surface area contributed by atoms with Crippen LogP contribution in [0.25, 0.3) is 10.1 Å². The number of sulfonamides is 1. The van der Waals surface area contributed by atoms with Crippen molar-refractivity contribution < 1.29 is 13.2 Å². The quantitative estimate of drug-likeness (QED) is 0.870. The highest BCUT2D eigenvalue weighted by atomic mass is 32.2. The van der Waals surface area contributed by atoms with E-state index in [4.69, 9.17) is 9.88 Å². The molecule has 0 atom stereocenters. The monoisotopic (exact) mass is 243 g/mol. The van der Waals surface area contributed by atoms with E-state index < -0.39 is 10.0 Å². The summed E-state index contributed by atoms with van der Waals surface area (Å²) in [6.45, 7) is 0. The molecule has 0 unspecified atom stereocenters. The van der Waals surface area contributed by atoms with Crippen LogP contribution < -0.4 is 9.88 Å². The molecule has 0 radical (unpaired) electrons. The molecule has 0 saturated carbocycles. The van der Waals surface area contributed by atoms with Gasteiger partial charge in [0.25, 0.3) is 0 Å². The maximum absolute atomic E-state index is 11.1. The molecule has 80 valence electrons. The van der Waals surface area contributed by atoms with E-state index in [9.17, 15) is 8.42 Å². The normalized spacial score (nSPS) is 11.9. The summed E-state index contributed by atoms with van der Waals surface area (Å²) in [5.74, 6) is 0.696. The molecule has 0 aliphatic carbocycles. The summed E-state index contributed by atoms with van der Waals surface area (Å²) in [7, 11) is -2.04. The number of fused-ring (bicyclic) bond motifs is 1. The Balaban J connectivity index is 2.66. The standard InChI is InChI=1S/C9H9NO3S2/c1-13-7-2-3-8-6(4-7)5-9(14-8)15(10,11)12/h2-5H,1H3,(H2,10,11,12). The molecule has 0 saturated heterocycles. The molecule has 0 fully saturated rings. The molecular weight excluding hydrogens is 234 g/mol. The van der Waals surface area contributed by atoms with E-state index in [1.54, 1.807) is 25.3 Å². The Morgan fingerprint density at radius 1 is 1.33 bits per heavy atom. The van der Waals surface area contributed by atoms with Crippen molar-refractivity contribution >= 4 is 31.4 Å². The highest BCUT2D eigenvalue weighted by Gasteiger charge is 2.12. The van der Waals surface area contributed by atoms with Crippen LogP contribution in [0.3, 0.4) is 0 Å². The van der Waals surface area contributed by atoms with Crippen molar-refractivity contribution in [3.8, 4) is 5.75 Å². The van der Waals surface area contributed by atoms with E-state index in [-0.39, 0.29) is 4.21 Å². The first-order valence-electron chi connectivity index (χ1n) is 4.11. The van der Waals surface area contributed by atoms with Crippen molar-refractivity contribution in [3.63, 3.8) is 0 Å². The van der Waals surface area contributed by atoms with Crippen LogP contribution in [0.4, 0.5) is 0 Å². The number of benzene rings is 1. The fourth-order valence-electron chi connectivity index (χ4n) is 1.26. The molecule has 4 nitrogen and oxygen atoms in total. The Hall–Kier alpha value is -1.11. The summed E-state index contributed by atoms with van der Waals surface area (Å²) in [4.78, 5) is 0. The summed E-state index contributed by atoms with van der Waals surface area (Å²) >= 11 is 1.15. The van der Waals surface area contributed by atoms with Crippen LogP contribution in [0.15, 0.2) is 28.5 Å². The van der Waals surface area contributed by atoms with Gasteiger partial charge in [0.15, 0.2) is 0 Å². The zero-order chi connectivity index (χ0) is 11.1. The molecule has 1 heterocycles. The van der Waals surface area contributed by atoms with Gasteiger partial charge in [0.05, 0.1) is 7.11 Å². The summed E-state index contributed by atoms with van der Waals surface area (Å²) in [5.41, 5.74) is 0. The minimum atomic E-state index is -3.61. The van der Waals surface area contributed by atoms with Crippen molar-refractivity contribution in [1.82, 2.24) is 0 Å². The maximum atomic E-state index is 11.1. The second-order valence-corrected chi connectivity index (χ2v) is 5.89. The molecule has 2 rings (SSSR count). The molecule has 2 aromatic rings. The van der Waals surface area contributed by atoms with E-state index in [0.29, 0.717) is 5.75 Å². The Labute approximate surface area is 91.3 Å². The number of thiophene rings is 1. The number of ether oxygens (including phenoxy) is 1. The van der Waals surface area contributed by atoms with Gasteiger partial charge in [-0.25, -0.2) is 13.6 Å². The highest BCUT2D eigenvalue weighted by Crippen LogP contribution is 2.30. The predicted molar refractivity (Wildman–Crippen MR) is 59.8 cm³/mol. The van der Waals surface area contributed by atoms with Gasteiger partial charge in [0, 0.05) is 4.70 Å². The van der Waals surface area contributed by atoms with Gasteiger partial charge in [0.2, 0.25) is 10.0 Å². The van der Waals surface area contributed by atoms with Crippen LogP contribution >= 0.6 is 11.3 Å². The lowest BCUT2D eigenvalue weighted by Gasteiger charge is -1.97. The van der Waals surface area contributed by atoms with Gasteiger partial charge in [-0.1, -0.05) is 0 Å². The number of rotatable bonds is 2. The lowest BCUT2D eigenvalue weighted by atomic mass is 10.2. The Bertz CT molecular complexity index is 601. The van der Waals surface area contributed by atoms with Gasteiger partial charge in [-0.15, -0.1) is 11.3 Å². The second kappa shape index (κ2) is 3.48. The summed E-state index contributed by atoms with van der Waals surface area (Å²) < 4.78 is 28.3. The average molecular weight is 243 g/mol. The third kappa shape index (κ3) is 1.97. The van der Waals surface area contributed by atoms with Crippen molar-refractivity contribution in [2.24, 2.45) is 5.14 Å². The van der Waals surface area contributed by atoms with Gasteiger partial charge in [-0.05, 0) is 29.7 Å². The summed E-state index contributed by atoms with van der Waals surface area (Å²) in [6, 6.07) is 6.93. The summed E-state index contributed by atoms with van der Waals surface area (Å²) in [6.07, 6.45) is 0. The molecule has 0 spiro atoms. The first kappa shape index (κ1) is 10.4. The zero-order valence-electron chi connectivity index (χ0n) is 7.93. The minimum absolute atomic E-state index is 0.172. The van der Waals surface area contributed by atoms with Crippen LogP contribution in [0.2, 0.25) is 0 Å². The SMILES string of the molecule is COc1ccc2sc(S(N)(=O)=O)cc2c1. The Morgan fingerprint density at radius 2 is 2.07 bits per heavy atom. The molecular formula is C9H9NO3S2. The minimum Gasteiger partial charge on any atom is -0.497 e. The molecule has 1 aromatic heterocycles. The number of primary sulfonamides is 1. The van der Waals surface area contributed by atoms with Crippen LogP contribution in [-0.2, 0) is 10.0 Å². The van der Waals surface area contributed by atoms with E-state index in [1.807, 2.05) is 6.07 Å². The van der Waals surface area contributed by atoms with Crippen molar-refractivity contribution in [2.45, 2.75) is 4.21 Å². The Kier molecular flexibility index (Phi) is 2.41. The Morgan fingerprint density at radius 3 is 2.67 bits per heavy atom. The van der Waals surface area contributed by atoms with Gasteiger partial charge in [-0.3, -0.25) is 0 Å². The lowest BCUT2D eigenvalue weighted by molar-refractivity contribution is 0.415. The third-order valence-corrected chi connectivity index (χ3v) is 4.52. The average Bonchev–Trinajstić information content (AvgIpc) is 2.59. The van der Waals surface area contributed by atoms with E-state index in [0.717, 1.165) is 21.4 Å². The number of hydrogen-bond donors (Lipinski definition) is 1. The van der Waals surface area contributed by atoms with Crippen molar-refractivity contribution in [2.75, 3.05) is 7.11 Å². The van der Waals surface area contributed by atoms with Gasteiger partial charge in [-0.2, -0.15) is 0 Å². The molecule has 0 bridgehead atoms. The van der Waals surface area contributed by atoms with Crippen LogP contribution in [0.1, 0.15) is 0 Å². The maximum Gasteiger partial charge on any atom is 0.247 e. The van der Waals surface area contributed by atoms with Crippen molar-refractivity contribution in [3.05, 3.63) is 24.3 Å². The van der Waals surface area contributed by atoms with Crippen LogP contribution in [-0.4, -0.2) is 15.5 Å². The number of methoxy groups -OCH3 is 1. The fraction of sp³-hybridized carbons (Fsp3) is 0.111. The first-order valence-corrected chi connectivity index (χ1v) is 6.47.